The smallest absolute Gasteiger partial charge is 0.304 e. The summed E-state index contributed by atoms with van der Waals surface area (Å²) in [6.07, 6.45) is 1.65. The molecule has 0 aromatic heterocycles. The highest BCUT2D eigenvalue weighted by Crippen LogP contribution is 2.08. The van der Waals surface area contributed by atoms with Crippen molar-refractivity contribution in [2.75, 3.05) is 13.2 Å². The summed E-state index contributed by atoms with van der Waals surface area (Å²) in [6.45, 7) is 5.32. The van der Waals surface area contributed by atoms with Gasteiger partial charge in [-0.3, -0.25) is 4.79 Å². The maximum Gasteiger partial charge on any atom is 0.304 e. The number of nitrogens with one attached hydrogen (secondary N) is 1. The predicted molar refractivity (Wildman–Crippen MR) is 79.9 cm³/mol. The zero-order valence-corrected chi connectivity index (χ0v) is 12.6. The molecule has 0 aliphatic carbocycles. The molecule has 0 aliphatic rings. The van der Waals surface area contributed by atoms with Gasteiger partial charge in [-0.15, -0.1) is 0 Å². The van der Waals surface area contributed by atoms with Gasteiger partial charge in [0.25, 0.3) is 0 Å². The Hall–Kier alpha value is -1.46. The topological polar surface area (TPSA) is 58.6 Å². The van der Waals surface area contributed by atoms with Crippen molar-refractivity contribution in [3.8, 4) is 0 Å². The maximum absolute atomic E-state index is 12.9. The van der Waals surface area contributed by atoms with Gasteiger partial charge < -0.3 is 15.2 Å². The molecule has 0 spiro atoms. The molecule has 0 fully saturated rings. The third-order valence-electron chi connectivity index (χ3n) is 3.02. The minimum Gasteiger partial charge on any atom is -0.481 e. The van der Waals surface area contributed by atoms with E-state index in [9.17, 15) is 9.18 Å². The molecule has 4 nitrogen and oxygen atoms in total. The molecule has 0 heterocycles. The number of aliphatic carboxylic acids is 1. The molecule has 1 aromatic rings. The van der Waals surface area contributed by atoms with Crippen molar-refractivity contribution in [1.82, 2.24) is 5.32 Å². The van der Waals surface area contributed by atoms with Crippen LogP contribution in [0.2, 0.25) is 0 Å². The molecule has 1 rings (SSSR count). The highest BCUT2D eigenvalue weighted by molar-refractivity contribution is 5.67. The Morgan fingerprint density at radius 2 is 2.00 bits per heavy atom. The van der Waals surface area contributed by atoms with Crippen LogP contribution in [0.5, 0.6) is 0 Å². The lowest BCUT2D eigenvalue weighted by molar-refractivity contribution is -0.137. The molecule has 21 heavy (non-hydrogen) atoms. The summed E-state index contributed by atoms with van der Waals surface area (Å²) in [5, 5.41) is 12.2. The van der Waals surface area contributed by atoms with E-state index >= 15 is 0 Å². The lowest BCUT2D eigenvalue weighted by Gasteiger charge is -2.17. The summed E-state index contributed by atoms with van der Waals surface area (Å²) in [4.78, 5) is 10.9. The summed E-state index contributed by atoms with van der Waals surface area (Å²) in [7, 11) is 0. The van der Waals surface area contributed by atoms with E-state index in [0.717, 1.165) is 12.0 Å². The number of halogens is 1. The van der Waals surface area contributed by atoms with Gasteiger partial charge in [0.15, 0.2) is 0 Å². The summed E-state index contributed by atoms with van der Waals surface area (Å²) in [5.74, 6) is -1.12. The monoisotopic (exact) mass is 297 g/mol. The summed E-state index contributed by atoms with van der Waals surface area (Å²) >= 11 is 0. The van der Waals surface area contributed by atoms with Crippen molar-refractivity contribution >= 4 is 5.97 Å². The van der Waals surface area contributed by atoms with Crippen LogP contribution in [0.15, 0.2) is 24.3 Å². The van der Waals surface area contributed by atoms with E-state index in [1.54, 1.807) is 12.1 Å². The second kappa shape index (κ2) is 9.47. The van der Waals surface area contributed by atoms with Crippen LogP contribution in [0.1, 0.15) is 32.3 Å². The first-order valence-corrected chi connectivity index (χ1v) is 7.28. The van der Waals surface area contributed by atoms with Gasteiger partial charge in [-0.1, -0.05) is 12.1 Å². The van der Waals surface area contributed by atoms with Gasteiger partial charge in [0.1, 0.15) is 5.82 Å². The quantitative estimate of drug-likeness (QED) is 0.652. The molecule has 0 saturated carbocycles. The van der Waals surface area contributed by atoms with Gasteiger partial charge in [0.05, 0.1) is 12.5 Å². The first-order chi connectivity index (χ1) is 9.97. The van der Waals surface area contributed by atoms with Gasteiger partial charge >= 0.3 is 5.97 Å². The average Bonchev–Trinajstić information content (AvgIpc) is 2.40. The van der Waals surface area contributed by atoms with E-state index in [-0.39, 0.29) is 24.4 Å². The Bertz CT molecular complexity index is 420. The highest BCUT2D eigenvalue weighted by atomic mass is 19.1. The number of hydrogen-bond acceptors (Lipinski definition) is 3. The van der Waals surface area contributed by atoms with Crippen LogP contribution < -0.4 is 5.32 Å². The Labute approximate surface area is 125 Å². The molecule has 1 aromatic carbocycles. The van der Waals surface area contributed by atoms with E-state index in [1.165, 1.54) is 12.1 Å². The van der Waals surface area contributed by atoms with E-state index in [4.69, 9.17) is 9.84 Å². The molecule has 0 radical (unpaired) electrons. The average molecular weight is 297 g/mol. The molecular weight excluding hydrogens is 273 g/mol. The van der Waals surface area contributed by atoms with E-state index in [1.807, 2.05) is 13.8 Å². The highest BCUT2D eigenvalue weighted by Gasteiger charge is 2.13. The largest absolute Gasteiger partial charge is 0.481 e. The molecule has 118 valence electrons. The predicted octanol–water partition coefficient (Wildman–Crippen LogP) is 2.62. The Morgan fingerprint density at radius 1 is 1.33 bits per heavy atom. The normalized spacial score (nSPS) is 12.6. The fourth-order valence-corrected chi connectivity index (χ4v) is 2.03. The molecule has 5 heteroatoms. The van der Waals surface area contributed by atoms with Crippen LogP contribution in [0.3, 0.4) is 0 Å². The van der Waals surface area contributed by atoms with Gasteiger partial charge in [0, 0.05) is 12.6 Å². The third kappa shape index (κ3) is 8.42. The van der Waals surface area contributed by atoms with Gasteiger partial charge in [0.2, 0.25) is 0 Å². The zero-order valence-electron chi connectivity index (χ0n) is 12.6. The van der Waals surface area contributed by atoms with E-state index < -0.39 is 5.97 Å². The number of ether oxygens (including phenoxy) is 1. The SMILES string of the molecule is CC(C)OCCCNC(CC(=O)O)Cc1ccc(F)cc1. The minimum atomic E-state index is -0.840. The summed E-state index contributed by atoms with van der Waals surface area (Å²) in [6, 6.07) is 6.00. The van der Waals surface area contributed by atoms with Crippen LogP contribution in [-0.2, 0) is 16.0 Å². The van der Waals surface area contributed by atoms with Crippen LogP contribution in [0.25, 0.3) is 0 Å². The molecule has 2 N–H and O–H groups in total. The second-order valence-corrected chi connectivity index (χ2v) is 5.35. The first kappa shape index (κ1) is 17.6. The standard InChI is InChI=1S/C16H24FNO3/c1-12(2)21-9-3-8-18-15(11-16(19)20)10-13-4-6-14(17)7-5-13/h4-7,12,15,18H,3,8-11H2,1-2H3,(H,19,20). The van der Waals surface area contributed by atoms with Crippen molar-refractivity contribution in [3.63, 3.8) is 0 Å². The molecule has 1 unspecified atom stereocenters. The van der Waals surface area contributed by atoms with E-state index in [0.29, 0.717) is 19.6 Å². The fraction of sp³-hybridized carbons (Fsp3) is 0.562. The fourth-order valence-electron chi connectivity index (χ4n) is 2.03. The van der Waals surface area contributed by atoms with Gasteiger partial charge in [-0.25, -0.2) is 4.39 Å². The van der Waals surface area contributed by atoms with Crippen LogP contribution >= 0.6 is 0 Å². The Kier molecular flexibility index (Phi) is 7.93. The maximum atomic E-state index is 12.9. The first-order valence-electron chi connectivity index (χ1n) is 7.28. The third-order valence-corrected chi connectivity index (χ3v) is 3.02. The molecule has 1 atom stereocenters. The molecule has 0 saturated heterocycles. The van der Waals surface area contributed by atoms with Crippen molar-refractivity contribution in [2.24, 2.45) is 0 Å². The number of carboxylic acid groups (broad SMARTS) is 1. The van der Waals surface area contributed by atoms with Gasteiger partial charge in [-0.2, -0.15) is 0 Å². The number of carboxylic acids is 1. The second-order valence-electron chi connectivity index (χ2n) is 5.35. The van der Waals surface area contributed by atoms with E-state index in [2.05, 4.69) is 5.32 Å². The lowest BCUT2D eigenvalue weighted by atomic mass is 10.0. The Balaban J connectivity index is 2.40. The number of carbonyl (C=O) groups is 1. The minimum absolute atomic E-state index is 0.0441. The summed E-state index contributed by atoms with van der Waals surface area (Å²) in [5.41, 5.74) is 0.925. The van der Waals surface area contributed by atoms with Crippen molar-refractivity contribution < 1.29 is 19.0 Å². The van der Waals surface area contributed by atoms with Crippen molar-refractivity contribution in [2.45, 2.75) is 45.3 Å². The van der Waals surface area contributed by atoms with Crippen LogP contribution in [-0.4, -0.2) is 36.4 Å². The van der Waals surface area contributed by atoms with Gasteiger partial charge in [-0.05, 0) is 50.9 Å². The molecule has 0 aliphatic heterocycles. The summed E-state index contributed by atoms with van der Waals surface area (Å²) < 4.78 is 18.3. The molecule has 0 bridgehead atoms. The van der Waals surface area contributed by atoms with Crippen molar-refractivity contribution in [3.05, 3.63) is 35.6 Å². The number of rotatable bonds is 10. The number of benzene rings is 1. The zero-order chi connectivity index (χ0) is 15.7. The molecular formula is C16H24FNO3. The lowest BCUT2D eigenvalue weighted by Crippen LogP contribution is -2.34. The Morgan fingerprint density at radius 3 is 2.57 bits per heavy atom. The molecule has 0 amide bonds. The van der Waals surface area contributed by atoms with Crippen LogP contribution in [0, 0.1) is 5.82 Å². The van der Waals surface area contributed by atoms with Crippen LogP contribution in [0.4, 0.5) is 4.39 Å². The number of hydrogen-bond donors (Lipinski definition) is 2. The van der Waals surface area contributed by atoms with Crippen molar-refractivity contribution in [1.29, 1.82) is 0 Å².